The van der Waals surface area contributed by atoms with Crippen LogP contribution < -0.4 is 5.32 Å². The Morgan fingerprint density at radius 1 is 1.33 bits per heavy atom. The zero-order valence-corrected chi connectivity index (χ0v) is 12.4. The van der Waals surface area contributed by atoms with E-state index in [0.717, 1.165) is 38.0 Å². The van der Waals surface area contributed by atoms with Crippen LogP contribution in [0.4, 0.5) is 0 Å². The molecule has 0 aromatic heterocycles. The molecule has 18 heavy (non-hydrogen) atoms. The summed E-state index contributed by atoms with van der Waals surface area (Å²) in [4.78, 5) is 12.0. The molecule has 1 amide bonds. The minimum Gasteiger partial charge on any atom is -0.388 e. The topological polar surface area (TPSA) is 49.3 Å². The number of carbonyl (C=O) groups is 1. The molecule has 106 valence electrons. The number of aliphatic hydroxyl groups is 1. The van der Waals surface area contributed by atoms with Gasteiger partial charge in [-0.15, -0.1) is 0 Å². The van der Waals surface area contributed by atoms with Crippen molar-refractivity contribution in [3.8, 4) is 0 Å². The molecule has 1 aliphatic carbocycles. The average molecular weight is 255 g/mol. The fourth-order valence-corrected chi connectivity index (χ4v) is 2.44. The second-order valence-corrected chi connectivity index (χ2v) is 6.50. The molecule has 3 heteroatoms. The number of rotatable bonds is 5. The van der Waals surface area contributed by atoms with Gasteiger partial charge in [0, 0.05) is 12.0 Å². The molecule has 0 aromatic carbocycles. The van der Waals surface area contributed by atoms with E-state index in [1.807, 2.05) is 20.8 Å². The molecule has 0 atom stereocenters. The van der Waals surface area contributed by atoms with Crippen molar-refractivity contribution < 1.29 is 9.90 Å². The molecular weight excluding hydrogens is 226 g/mol. The van der Waals surface area contributed by atoms with Gasteiger partial charge in [0.25, 0.3) is 0 Å². The predicted molar refractivity (Wildman–Crippen MR) is 74.3 cm³/mol. The maximum Gasteiger partial charge on any atom is 0.225 e. The van der Waals surface area contributed by atoms with Gasteiger partial charge in [0.1, 0.15) is 0 Å². The van der Waals surface area contributed by atoms with Crippen LogP contribution >= 0.6 is 0 Å². The summed E-state index contributed by atoms with van der Waals surface area (Å²) in [6.07, 6.45) is 5.82. The lowest BCUT2D eigenvalue weighted by atomic mass is 9.77. The van der Waals surface area contributed by atoms with Gasteiger partial charge >= 0.3 is 0 Å². The summed E-state index contributed by atoms with van der Waals surface area (Å²) >= 11 is 0. The molecule has 1 saturated carbocycles. The minimum absolute atomic E-state index is 0.0519. The van der Waals surface area contributed by atoms with Gasteiger partial charge in [-0.1, -0.05) is 34.1 Å². The Morgan fingerprint density at radius 2 is 1.89 bits per heavy atom. The molecule has 0 aromatic rings. The first-order valence-corrected chi connectivity index (χ1v) is 7.33. The first kappa shape index (κ1) is 15.5. The first-order valence-electron chi connectivity index (χ1n) is 7.33. The Labute approximate surface area is 111 Å². The van der Waals surface area contributed by atoms with Gasteiger partial charge in [-0.2, -0.15) is 0 Å². The van der Waals surface area contributed by atoms with E-state index in [0.29, 0.717) is 6.54 Å². The second-order valence-electron chi connectivity index (χ2n) is 6.50. The smallest absolute Gasteiger partial charge is 0.225 e. The van der Waals surface area contributed by atoms with Crippen molar-refractivity contribution in [2.24, 2.45) is 11.3 Å². The van der Waals surface area contributed by atoms with Crippen LogP contribution in [0.2, 0.25) is 0 Å². The van der Waals surface area contributed by atoms with Gasteiger partial charge in [-0.05, 0) is 38.0 Å². The third-order valence-corrected chi connectivity index (χ3v) is 4.69. The molecule has 1 aliphatic rings. The molecule has 3 nitrogen and oxygen atoms in total. The zero-order chi connectivity index (χ0) is 13.8. The lowest BCUT2D eigenvalue weighted by molar-refractivity contribution is -0.131. The molecule has 1 fully saturated rings. The zero-order valence-electron chi connectivity index (χ0n) is 12.4. The number of nitrogens with one attached hydrogen (secondary N) is 1. The molecule has 0 heterocycles. The van der Waals surface area contributed by atoms with Crippen LogP contribution in [0.1, 0.15) is 66.2 Å². The molecule has 0 spiro atoms. The molecule has 0 radical (unpaired) electrons. The standard InChI is InChI=1S/C15H29NO2/c1-5-12-7-9-15(18,10-8-12)11-16-13(17)14(3,4)6-2/h12,18H,5-11H2,1-4H3,(H,16,17). The number of amides is 1. The highest BCUT2D eigenvalue weighted by Gasteiger charge is 2.34. The minimum atomic E-state index is -0.675. The van der Waals surface area contributed by atoms with Crippen LogP contribution in [-0.2, 0) is 4.79 Å². The lowest BCUT2D eigenvalue weighted by Gasteiger charge is -2.36. The van der Waals surface area contributed by atoms with E-state index < -0.39 is 5.60 Å². The van der Waals surface area contributed by atoms with E-state index in [-0.39, 0.29) is 11.3 Å². The number of carbonyl (C=O) groups excluding carboxylic acids is 1. The summed E-state index contributed by atoms with van der Waals surface area (Å²) in [7, 11) is 0. The fraction of sp³-hybridized carbons (Fsp3) is 0.933. The van der Waals surface area contributed by atoms with Crippen LogP contribution in [0.15, 0.2) is 0 Å². The maximum absolute atomic E-state index is 12.0. The number of hydrogen-bond acceptors (Lipinski definition) is 2. The Balaban J connectivity index is 2.42. The van der Waals surface area contributed by atoms with E-state index >= 15 is 0 Å². The van der Waals surface area contributed by atoms with Gasteiger partial charge in [-0.25, -0.2) is 0 Å². The SMILES string of the molecule is CCC1CCC(O)(CNC(=O)C(C)(C)CC)CC1. The second kappa shape index (κ2) is 6.05. The maximum atomic E-state index is 12.0. The average Bonchev–Trinajstić information content (AvgIpc) is 2.37. The van der Waals surface area contributed by atoms with E-state index in [1.54, 1.807) is 0 Å². The van der Waals surface area contributed by atoms with E-state index in [4.69, 9.17) is 0 Å². The Kier molecular flexibility index (Phi) is 5.20. The summed E-state index contributed by atoms with van der Waals surface area (Å²) in [5.41, 5.74) is -1.01. The monoisotopic (exact) mass is 255 g/mol. The fourth-order valence-electron chi connectivity index (χ4n) is 2.44. The molecule has 1 rings (SSSR count). The van der Waals surface area contributed by atoms with Crippen molar-refractivity contribution >= 4 is 5.91 Å². The van der Waals surface area contributed by atoms with Crippen LogP contribution in [0.5, 0.6) is 0 Å². The van der Waals surface area contributed by atoms with Gasteiger partial charge < -0.3 is 10.4 Å². The van der Waals surface area contributed by atoms with Crippen molar-refractivity contribution in [2.75, 3.05) is 6.54 Å². The summed E-state index contributed by atoms with van der Waals surface area (Å²) in [5, 5.41) is 13.4. The predicted octanol–water partition coefficient (Wildman–Crippen LogP) is 2.87. The van der Waals surface area contributed by atoms with Crippen LogP contribution in [0.25, 0.3) is 0 Å². The molecule has 0 bridgehead atoms. The summed E-state index contributed by atoms with van der Waals surface area (Å²) in [5.74, 6) is 0.809. The van der Waals surface area contributed by atoms with Crippen LogP contribution in [0.3, 0.4) is 0 Å². The van der Waals surface area contributed by atoms with E-state index in [9.17, 15) is 9.90 Å². The van der Waals surface area contributed by atoms with Crippen molar-refractivity contribution in [3.05, 3.63) is 0 Å². The summed E-state index contributed by atoms with van der Waals surface area (Å²) in [6.45, 7) is 8.52. The third-order valence-electron chi connectivity index (χ3n) is 4.69. The van der Waals surface area contributed by atoms with Crippen molar-refractivity contribution in [3.63, 3.8) is 0 Å². The number of hydrogen-bond donors (Lipinski definition) is 2. The third kappa shape index (κ3) is 3.98. The molecule has 0 saturated heterocycles. The largest absolute Gasteiger partial charge is 0.388 e. The Bertz CT molecular complexity index is 278. The van der Waals surface area contributed by atoms with Gasteiger partial charge in [0.2, 0.25) is 5.91 Å². The quantitative estimate of drug-likeness (QED) is 0.793. The van der Waals surface area contributed by atoms with Crippen LogP contribution in [0, 0.1) is 11.3 Å². The molecular formula is C15H29NO2. The highest BCUT2D eigenvalue weighted by Crippen LogP contribution is 2.33. The Hall–Kier alpha value is -0.570. The van der Waals surface area contributed by atoms with Gasteiger partial charge in [-0.3, -0.25) is 4.79 Å². The summed E-state index contributed by atoms with van der Waals surface area (Å²) < 4.78 is 0. The normalized spacial score (nSPS) is 29.1. The highest BCUT2D eigenvalue weighted by atomic mass is 16.3. The van der Waals surface area contributed by atoms with E-state index in [2.05, 4.69) is 12.2 Å². The molecule has 0 aliphatic heterocycles. The van der Waals surface area contributed by atoms with Crippen molar-refractivity contribution in [1.82, 2.24) is 5.32 Å². The van der Waals surface area contributed by atoms with Gasteiger partial charge in [0.05, 0.1) is 5.60 Å². The lowest BCUT2D eigenvalue weighted by Crippen LogP contribution is -2.48. The van der Waals surface area contributed by atoms with Crippen molar-refractivity contribution in [2.45, 2.75) is 71.8 Å². The van der Waals surface area contributed by atoms with Gasteiger partial charge in [0.15, 0.2) is 0 Å². The van der Waals surface area contributed by atoms with Crippen LogP contribution in [-0.4, -0.2) is 23.2 Å². The molecule has 2 N–H and O–H groups in total. The van der Waals surface area contributed by atoms with Crippen molar-refractivity contribution in [1.29, 1.82) is 0 Å². The Morgan fingerprint density at radius 3 is 2.33 bits per heavy atom. The van der Waals surface area contributed by atoms with E-state index in [1.165, 1.54) is 6.42 Å². The molecule has 0 unspecified atom stereocenters. The highest BCUT2D eigenvalue weighted by molar-refractivity contribution is 5.81. The first-order chi connectivity index (χ1) is 8.33. The summed E-state index contributed by atoms with van der Waals surface area (Å²) in [6, 6.07) is 0.